The van der Waals surface area contributed by atoms with Crippen LogP contribution in [0.5, 0.6) is 0 Å². The third-order valence-electron chi connectivity index (χ3n) is 4.53. The lowest BCUT2D eigenvalue weighted by Gasteiger charge is -2.17. The van der Waals surface area contributed by atoms with Crippen molar-refractivity contribution < 1.29 is 22.4 Å². The fourth-order valence-electron chi connectivity index (χ4n) is 2.78. The molecule has 0 aliphatic heterocycles. The SMILES string of the molecule is Cc1ccnc(CNC(=O)Cc2c(Cl)cnc(NCC(F)(F)c3ccccn3)c2F)c1F. The first-order valence-corrected chi connectivity index (χ1v) is 9.79. The van der Waals surface area contributed by atoms with Gasteiger partial charge in [0.25, 0.3) is 0 Å². The fraction of sp³-hybridized carbons (Fsp3) is 0.238. The highest BCUT2D eigenvalue weighted by molar-refractivity contribution is 6.31. The van der Waals surface area contributed by atoms with Crippen molar-refractivity contribution in [3.05, 3.63) is 82.0 Å². The second-order valence-corrected chi connectivity index (χ2v) is 7.27. The first-order chi connectivity index (χ1) is 15.2. The molecule has 11 heteroatoms. The lowest BCUT2D eigenvalue weighted by molar-refractivity contribution is -0.120. The highest BCUT2D eigenvalue weighted by Gasteiger charge is 2.33. The lowest BCUT2D eigenvalue weighted by Crippen LogP contribution is -2.28. The van der Waals surface area contributed by atoms with Gasteiger partial charge in [-0.25, -0.2) is 13.8 Å². The molecule has 2 N–H and O–H groups in total. The molecule has 6 nitrogen and oxygen atoms in total. The summed E-state index contributed by atoms with van der Waals surface area (Å²) < 4.78 is 57.4. The fourth-order valence-corrected chi connectivity index (χ4v) is 2.98. The van der Waals surface area contributed by atoms with E-state index in [1.165, 1.54) is 30.6 Å². The van der Waals surface area contributed by atoms with Crippen LogP contribution in [0.1, 0.15) is 22.5 Å². The zero-order chi connectivity index (χ0) is 23.3. The Morgan fingerprint density at radius 1 is 1.09 bits per heavy atom. The molecular formula is C21H18ClF4N5O. The van der Waals surface area contributed by atoms with Gasteiger partial charge in [-0.15, -0.1) is 0 Å². The highest BCUT2D eigenvalue weighted by Crippen LogP contribution is 2.28. The summed E-state index contributed by atoms with van der Waals surface area (Å²) in [6.45, 7) is 0.373. The van der Waals surface area contributed by atoms with Crippen LogP contribution in [0.4, 0.5) is 23.4 Å². The van der Waals surface area contributed by atoms with Gasteiger partial charge in [-0.1, -0.05) is 17.7 Å². The smallest absolute Gasteiger partial charge is 0.306 e. The number of aryl methyl sites for hydroxylation is 1. The maximum atomic E-state index is 14.8. The number of carbonyl (C=O) groups excluding carboxylic acids is 1. The van der Waals surface area contributed by atoms with Crippen LogP contribution in [-0.4, -0.2) is 27.4 Å². The first kappa shape index (κ1) is 23.4. The number of pyridine rings is 3. The number of nitrogens with zero attached hydrogens (tertiary/aromatic N) is 3. The van der Waals surface area contributed by atoms with Crippen LogP contribution in [0, 0.1) is 18.6 Å². The van der Waals surface area contributed by atoms with Gasteiger partial charge in [0.2, 0.25) is 5.91 Å². The van der Waals surface area contributed by atoms with Gasteiger partial charge in [-0.05, 0) is 30.7 Å². The van der Waals surface area contributed by atoms with Crippen molar-refractivity contribution in [3.63, 3.8) is 0 Å². The van der Waals surface area contributed by atoms with Crippen molar-refractivity contribution in [2.24, 2.45) is 0 Å². The van der Waals surface area contributed by atoms with E-state index in [4.69, 9.17) is 11.6 Å². The second kappa shape index (κ2) is 9.90. The minimum absolute atomic E-state index is 0.0266. The van der Waals surface area contributed by atoms with Crippen LogP contribution in [0.2, 0.25) is 5.02 Å². The number of hydrogen-bond acceptors (Lipinski definition) is 5. The molecule has 0 fully saturated rings. The van der Waals surface area contributed by atoms with Crippen LogP contribution in [0.15, 0.2) is 42.9 Å². The summed E-state index contributed by atoms with van der Waals surface area (Å²) in [6, 6.07) is 5.54. The molecule has 32 heavy (non-hydrogen) atoms. The number of anilines is 1. The van der Waals surface area contributed by atoms with Crippen LogP contribution >= 0.6 is 11.6 Å². The molecule has 0 spiro atoms. The number of carbonyl (C=O) groups is 1. The molecule has 0 atom stereocenters. The molecule has 168 valence electrons. The molecule has 1 amide bonds. The van der Waals surface area contributed by atoms with Crippen molar-refractivity contribution in [2.45, 2.75) is 25.8 Å². The maximum absolute atomic E-state index is 14.8. The van der Waals surface area contributed by atoms with Gasteiger partial charge >= 0.3 is 5.92 Å². The summed E-state index contributed by atoms with van der Waals surface area (Å²) in [5.41, 5.74) is -0.330. The number of halogens is 5. The van der Waals surface area contributed by atoms with Crippen LogP contribution in [-0.2, 0) is 23.7 Å². The Morgan fingerprint density at radius 3 is 2.59 bits per heavy atom. The van der Waals surface area contributed by atoms with E-state index in [1.807, 2.05) is 0 Å². The number of hydrogen-bond donors (Lipinski definition) is 2. The molecule has 3 heterocycles. The van der Waals surface area contributed by atoms with Gasteiger partial charge in [-0.2, -0.15) is 8.78 Å². The minimum Gasteiger partial charge on any atom is -0.361 e. The van der Waals surface area contributed by atoms with Crippen molar-refractivity contribution in [1.82, 2.24) is 20.3 Å². The molecule has 0 saturated carbocycles. The van der Waals surface area contributed by atoms with Crippen molar-refractivity contribution >= 4 is 23.3 Å². The molecule has 0 aliphatic rings. The molecule has 0 aromatic carbocycles. The van der Waals surface area contributed by atoms with Gasteiger partial charge in [0, 0.05) is 24.2 Å². The number of nitrogens with one attached hydrogen (secondary N) is 2. The third-order valence-corrected chi connectivity index (χ3v) is 4.86. The maximum Gasteiger partial charge on any atom is 0.306 e. The Labute approximate surface area is 186 Å². The van der Waals surface area contributed by atoms with Crippen LogP contribution in [0.3, 0.4) is 0 Å². The van der Waals surface area contributed by atoms with Gasteiger partial charge in [0.05, 0.1) is 30.2 Å². The zero-order valence-corrected chi connectivity index (χ0v) is 17.6. The van der Waals surface area contributed by atoms with E-state index >= 15 is 0 Å². The first-order valence-electron chi connectivity index (χ1n) is 9.42. The Kier molecular flexibility index (Phi) is 7.24. The second-order valence-electron chi connectivity index (χ2n) is 6.86. The number of rotatable bonds is 8. The number of alkyl halides is 2. The molecule has 0 unspecified atom stereocenters. The van der Waals surface area contributed by atoms with E-state index in [1.54, 1.807) is 6.92 Å². The molecule has 0 aliphatic carbocycles. The number of amides is 1. The molecule has 3 rings (SSSR count). The van der Waals surface area contributed by atoms with Gasteiger partial charge in [-0.3, -0.25) is 14.8 Å². The Bertz CT molecular complexity index is 1110. The summed E-state index contributed by atoms with van der Waals surface area (Å²) in [7, 11) is 0. The summed E-state index contributed by atoms with van der Waals surface area (Å²) in [5, 5.41) is 4.52. The van der Waals surface area contributed by atoms with E-state index in [2.05, 4.69) is 25.6 Å². The summed E-state index contributed by atoms with van der Waals surface area (Å²) in [4.78, 5) is 23.4. The Hall–Kier alpha value is -3.27. The monoisotopic (exact) mass is 467 g/mol. The van der Waals surface area contributed by atoms with Crippen LogP contribution in [0.25, 0.3) is 0 Å². The minimum atomic E-state index is -3.39. The average Bonchev–Trinajstić information content (AvgIpc) is 2.77. The Morgan fingerprint density at radius 2 is 1.88 bits per heavy atom. The summed E-state index contributed by atoms with van der Waals surface area (Å²) in [6.07, 6.45) is 3.17. The van der Waals surface area contributed by atoms with E-state index in [0.717, 1.165) is 12.3 Å². The van der Waals surface area contributed by atoms with Crippen LogP contribution < -0.4 is 10.6 Å². The molecule has 0 radical (unpaired) electrons. The Balaban J connectivity index is 1.68. The normalized spacial score (nSPS) is 11.3. The predicted octanol–water partition coefficient (Wildman–Crippen LogP) is 4.17. The van der Waals surface area contributed by atoms with E-state index in [9.17, 15) is 22.4 Å². The molecule has 3 aromatic rings. The molecule has 3 aromatic heterocycles. The van der Waals surface area contributed by atoms with Crippen molar-refractivity contribution in [1.29, 1.82) is 0 Å². The molecular weight excluding hydrogens is 450 g/mol. The van der Waals surface area contributed by atoms with Gasteiger partial charge in [0.1, 0.15) is 11.5 Å². The topological polar surface area (TPSA) is 79.8 Å². The zero-order valence-electron chi connectivity index (χ0n) is 16.8. The average molecular weight is 468 g/mol. The van der Waals surface area contributed by atoms with Crippen molar-refractivity contribution in [2.75, 3.05) is 11.9 Å². The summed E-state index contributed by atoms with van der Waals surface area (Å²) in [5.74, 6) is -6.13. The van der Waals surface area contributed by atoms with Gasteiger partial charge < -0.3 is 10.6 Å². The van der Waals surface area contributed by atoms with E-state index < -0.39 is 47.9 Å². The third kappa shape index (κ3) is 5.50. The van der Waals surface area contributed by atoms with E-state index in [-0.39, 0.29) is 22.8 Å². The lowest BCUT2D eigenvalue weighted by atomic mass is 10.1. The largest absolute Gasteiger partial charge is 0.361 e. The molecule has 0 bridgehead atoms. The quantitative estimate of drug-likeness (QED) is 0.486. The van der Waals surface area contributed by atoms with E-state index in [0.29, 0.717) is 5.56 Å². The number of aromatic nitrogens is 3. The summed E-state index contributed by atoms with van der Waals surface area (Å²) >= 11 is 5.95. The predicted molar refractivity (Wildman–Crippen MR) is 110 cm³/mol. The van der Waals surface area contributed by atoms with Crippen molar-refractivity contribution in [3.8, 4) is 0 Å². The molecule has 0 saturated heterocycles. The highest BCUT2D eigenvalue weighted by atomic mass is 35.5. The van der Waals surface area contributed by atoms with Gasteiger partial charge in [0.15, 0.2) is 11.6 Å². The standard InChI is InChI=1S/C21H18ClF4N5O/c1-12-5-7-27-15(18(12)23)10-29-17(32)8-13-14(22)9-30-20(19(13)24)31-11-21(25,26)16-4-2-3-6-28-16/h2-7,9H,8,10-11H2,1H3,(H,29,32)(H,30,31).